The van der Waals surface area contributed by atoms with Gasteiger partial charge in [-0.05, 0) is 31.0 Å². The van der Waals surface area contributed by atoms with Gasteiger partial charge >= 0.3 is 5.97 Å². The molecule has 37 heavy (non-hydrogen) atoms. The van der Waals surface area contributed by atoms with Crippen molar-refractivity contribution < 1.29 is 33.6 Å². The van der Waals surface area contributed by atoms with E-state index in [1.807, 2.05) is 60.7 Å². The van der Waals surface area contributed by atoms with Crippen LogP contribution in [0.5, 0.6) is 17.2 Å². The third-order valence-electron chi connectivity index (χ3n) is 6.11. The van der Waals surface area contributed by atoms with E-state index in [4.69, 9.17) is 18.9 Å². The number of hydrogen-bond acceptors (Lipinski definition) is 8. The molecule has 194 valence electrons. The first-order chi connectivity index (χ1) is 18.0. The summed E-state index contributed by atoms with van der Waals surface area (Å²) in [5.74, 6) is -1.27. The van der Waals surface area contributed by atoms with Gasteiger partial charge in [0.25, 0.3) is 5.91 Å². The summed E-state index contributed by atoms with van der Waals surface area (Å²) in [6.07, 6.45) is 0.808. The first-order valence-corrected chi connectivity index (χ1v) is 12.0. The predicted molar refractivity (Wildman–Crippen MR) is 135 cm³/mol. The van der Waals surface area contributed by atoms with Crippen molar-refractivity contribution in [3.8, 4) is 17.2 Å². The van der Waals surface area contributed by atoms with E-state index in [-0.39, 0.29) is 30.6 Å². The average molecular weight is 507 g/mol. The second kappa shape index (κ2) is 12.2. The van der Waals surface area contributed by atoms with Crippen LogP contribution in [-0.4, -0.2) is 60.5 Å². The third-order valence-corrected chi connectivity index (χ3v) is 6.11. The summed E-state index contributed by atoms with van der Waals surface area (Å²) in [5.41, 5.74) is 0.826. The number of para-hydroxylation sites is 1. The molecule has 0 radical (unpaired) electrons. The van der Waals surface area contributed by atoms with Crippen molar-refractivity contribution in [3.05, 3.63) is 84.2 Å². The Hall–Kier alpha value is -4.11. The molecule has 4 atom stereocenters. The van der Waals surface area contributed by atoms with E-state index in [9.17, 15) is 14.7 Å². The Kier molecular flexibility index (Phi) is 8.58. The van der Waals surface area contributed by atoms with Crippen LogP contribution in [0.1, 0.15) is 23.0 Å². The number of pyridine rings is 1. The Labute approximate surface area is 215 Å². The fourth-order valence-corrected chi connectivity index (χ4v) is 4.25. The number of carbonyl (C=O) groups is 2. The summed E-state index contributed by atoms with van der Waals surface area (Å²) in [5, 5.41) is 12.8. The SMILES string of the molecule is COc1ccnc(C(=O)N[C@H]2COC[C@H](Cc3ccccc3)[C@@H](Oc3ccccc3)[C@H](C)OC2=O)c1O. The standard InChI is InChI=1S/C28H30N2O7/c1-18-26(37-21-11-7-4-8-12-21)20(15-19-9-5-3-6-10-19)16-35-17-22(28(33)36-18)30-27(32)24-25(31)23(34-2)13-14-29-24/h3-14,18,20,22,26,31H,15-17H2,1-2H3,(H,30,32)/t18-,20-,22-,26-/m0/s1. The quantitative estimate of drug-likeness (QED) is 0.470. The number of ether oxygens (including phenoxy) is 4. The summed E-state index contributed by atoms with van der Waals surface area (Å²) >= 11 is 0. The van der Waals surface area contributed by atoms with Crippen LogP contribution in [-0.2, 0) is 20.7 Å². The molecule has 1 amide bonds. The molecule has 1 aliphatic heterocycles. The Balaban J connectivity index is 1.54. The van der Waals surface area contributed by atoms with Gasteiger partial charge in [-0.2, -0.15) is 0 Å². The molecule has 2 aromatic carbocycles. The number of nitrogens with zero attached hydrogens (tertiary/aromatic N) is 1. The summed E-state index contributed by atoms with van der Waals surface area (Å²) < 4.78 is 23.1. The van der Waals surface area contributed by atoms with Crippen LogP contribution in [0, 0.1) is 5.92 Å². The number of nitrogens with one attached hydrogen (secondary N) is 1. The zero-order chi connectivity index (χ0) is 26.2. The molecule has 2 N–H and O–H groups in total. The van der Waals surface area contributed by atoms with E-state index in [1.165, 1.54) is 19.4 Å². The van der Waals surface area contributed by atoms with Gasteiger partial charge < -0.3 is 29.4 Å². The maximum atomic E-state index is 13.1. The number of aromatic nitrogens is 1. The molecule has 2 heterocycles. The highest BCUT2D eigenvalue weighted by Crippen LogP contribution is 2.28. The van der Waals surface area contributed by atoms with Crippen LogP contribution in [0.15, 0.2) is 72.9 Å². The van der Waals surface area contributed by atoms with Crippen molar-refractivity contribution in [2.45, 2.75) is 31.6 Å². The summed E-state index contributed by atoms with van der Waals surface area (Å²) in [7, 11) is 1.36. The molecule has 0 aliphatic carbocycles. The predicted octanol–water partition coefficient (Wildman–Crippen LogP) is 3.16. The van der Waals surface area contributed by atoms with Crippen LogP contribution in [0.2, 0.25) is 0 Å². The number of carbonyl (C=O) groups excluding carboxylic acids is 2. The molecule has 1 fully saturated rings. The number of hydrogen-bond donors (Lipinski definition) is 2. The van der Waals surface area contributed by atoms with Crippen molar-refractivity contribution in [2.75, 3.05) is 20.3 Å². The van der Waals surface area contributed by atoms with Crippen LogP contribution in [0.4, 0.5) is 0 Å². The molecular weight excluding hydrogens is 476 g/mol. The summed E-state index contributed by atoms with van der Waals surface area (Å²) in [4.78, 5) is 29.9. The maximum Gasteiger partial charge on any atom is 0.331 e. The monoisotopic (exact) mass is 506 g/mol. The Morgan fingerprint density at radius 1 is 1.08 bits per heavy atom. The van der Waals surface area contributed by atoms with E-state index in [2.05, 4.69) is 10.3 Å². The molecule has 0 saturated carbocycles. The van der Waals surface area contributed by atoms with E-state index in [0.717, 1.165) is 5.56 Å². The molecule has 4 rings (SSSR count). The van der Waals surface area contributed by atoms with Gasteiger partial charge in [0.05, 0.1) is 20.3 Å². The van der Waals surface area contributed by atoms with E-state index >= 15 is 0 Å². The largest absolute Gasteiger partial charge is 0.503 e. The zero-order valence-electron chi connectivity index (χ0n) is 20.7. The number of esters is 1. The van der Waals surface area contributed by atoms with E-state index in [1.54, 1.807) is 6.92 Å². The Morgan fingerprint density at radius 2 is 1.78 bits per heavy atom. The van der Waals surface area contributed by atoms with Crippen LogP contribution in [0.25, 0.3) is 0 Å². The van der Waals surface area contributed by atoms with Crippen molar-refractivity contribution in [2.24, 2.45) is 5.92 Å². The van der Waals surface area contributed by atoms with Gasteiger partial charge in [0.2, 0.25) is 0 Å². The number of aromatic hydroxyl groups is 1. The molecule has 9 heteroatoms. The van der Waals surface area contributed by atoms with Crippen molar-refractivity contribution in [1.82, 2.24) is 10.3 Å². The lowest BCUT2D eigenvalue weighted by atomic mass is 9.91. The number of methoxy groups -OCH3 is 1. The van der Waals surface area contributed by atoms with Gasteiger partial charge in [0.1, 0.15) is 18.0 Å². The van der Waals surface area contributed by atoms with Gasteiger partial charge in [-0.1, -0.05) is 48.5 Å². The third kappa shape index (κ3) is 6.56. The van der Waals surface area contributed by atoms with Gasteiger partial charge in [-0.25, -0.2) is 9.78 Å². The van der Waals surface area contributed by atoms with Gasteiger partial charge in [-0.3, -0.25) is 4.79 Å². The van der Waals surface area contributed by atoms with Crippen LogP contribution >= 0.6 is 0 Å². The highest BCUT2D eigenvalue weighted by atomic mass is 16.6. The van der Waals surface area contributed by atoms with Crippen molar-refractivity contribution in [1.29, 1.82) is 0 Å². The molecular formula is C28H30N2O7. The second-order valence-corrected chi connectivity index (χ2v) is 8.76. The first-order valence-electron chi connectivity index (χ1n) is 12.0. The van der Waals surface area contributed by atoms with Crippen molar-refractivity contribution >= 4 is 11.9 Å². The molecule has 9 nitrogen and oxygen atoms in total. The molecule has 0 unspecified atom stereocenters. The van der Waals surface area contributed by atoms with Gasteiger partial charge in [-0.15, -0.1) is 0 Å². The molecule has 1 aromatic heterocycles. The number of cyclic esters (lactones) is 1. The average Bonchev–Trinajstić information content (AvgIpc) is 2.95. The molecule has 3 aromatic rings. The first kappa shape index (κ1) is 26.0. The highest BCUT2D eigenvalue weighted by Gasteiger charge is 2.36. The highest BCUT2D eigenvalue weighted by molar-refractivity contribution is 5.98. The zero-order valence-corrected chi connectivity index (χ0v) is 20.7. The fourth-order valence-electron chi connectivity index (χ4n) is 4.25. The fraction of sp³-hybridized carbons (Fsp3) is 0.321. The Morgan fingerprint density at radius 3 is 2.49 bits per heavy atom. The normalized spacial score (nSPS) is 22.1. The Bertz CT molecular complexity index is 1190. The molecule has 0 spiro atoms. The maximum absolute atomic E-state index is 13.1. The lowest BCUT2D eigenvalue weighted by molar-refractivity contribution is -0.155. The van der Waals surface area contributed by atoms with Gasteiger partial charge in [0.15, 0.2) is 23.2 Å². The summed E-state index contributed by atoms with van der Waals surface area (Å²) in [6, 6.07) is 19.6. The minimum Gasteiger partial charge on any atom is -0.503 e. The molecule has 0 bridgehead atoms. The minimum atomic E-state index is -1.12. The van der Waals surface area contributed by atoms with Crippen LogP contribution < -0.4 is 14.8 Å². The molecule has 1 saturated heterocycles. The number of amides is 1. The van der Waals surface area contributed by atoms with E-state index < -0.39 is 35.9 Å². The van der Waals surface area contributed by atoms with Gasteiger partial charge in [0, 0.05) is 18.2 Å². The van der Waals surface area contributed by atoms with Crippen LogP contribution in [0.3, 0.4) is 0 Å². The molecule has 1 aliphatic rings. The second-order valence-electron chi connectivity index (χ2n) is 8.76. The summed E-state index contributed by atoms with van der Waals surface area (Å²) in [6.45, 7) is 1.91. The minimum absolute atomic E-state index is 0.0896. The lowest BCUT2D eigenvalue weighted by Crippen LogP contribution is -2.47. The van der Waals surface area contributed by atoms with E-state index in [0.29, 0.717) is 12.2 Å². The van der Waals surface area contributed by atoms with Crippen molar-refractivity contribution in [3.63, 3.8) is 0 Å². The number of benzene rings is 2. The lowest BCUT2D eigenvalue weighted by Gasteiger charge is -2.31. The smallest absolute Gasteiger partial charge is 0.331 e. The number of rotatable bonds is 7. The topological polar surface area (TPSA) is 116 Å².